The Kier molecular flexibility index (Phi) is 3.85. The minimum absolute atomic E-state index is 0.333. The summed E-state index contributed by atoms with van der Waals surface area (Å²) in [7, 11) is 4.52. The number of methoxy groups -OCH3 is 3. The summed E-state index contributed by atoms with van der Waals surface area (Å²) in [4.78, 5) is 12.3. The second-order valence-electron chi connectivity index (χ2n) is 5.42. The molecule has 5 nitrogen and oxygen atoms in total. The summed E-state index contributed by atoms with van der Waals surface area (Å²) < 4.78 is 21.5. The summed E-state index contributed by atoms with van der Waals surface area (Å²) >= 11 is 0. The van der Waals surface area contributed by atoms with Crippen LogP contribution in [-0.2, 0) is 4.74 Å². The molecule has 0 radical (unpaired) electrons. The van der Waals surface area contributed by atoms with Crippen molar-refractivity contribution in [3.05, 3.63) is 29.8 Å². The first-order valence-electron chi connectivity index (χ1n) is 6.58. The number of hydrogen-bond donors (Lipinski definition) is 0. The number of rotatable bonds is 5. The first-order chi connectivity index (χ1) is 9.91. The lowest BCUT2D eigenvalue weighted by atomic mass is 9.82. The van der Waals surface area contributed by atoms with Gasteiger partial charge in [-0.2, -0.15) is 0 Å². The monoisotopic (exact) mass is 292 g/mol. The van der Waals surface area contributed by atoms with Crippen LogP contribution >= 0.6 is 0 Å². The highest BCUT2D eigenvalue weighted by Gasteiger charge is 2.43. The molecule has 5 heteroatoms. The topological polar surface area (TPSA) is 54.0 Å². The van der Waals surface area contributed by atoms with Gasteiger partial charge in [0.05, 0.1) is 21.3 Å². The van der Waals surface area contributed by atoms with Crippen molar-refractivity contribution in [1.29, 1.82) is 0 Å². The molecule has 0 fully saturated rings. The maximum Gasteiger partial charge on any atom is 0.343 e. The first kappa shape index (κ1) is 15.2. The van der Waals surface area contributed by atoms with Crippen molar-refractivity contribution in [3.63, 3.8) is 0 Å². The molecular formula is C16H20O5. The second-order valence-corrected chi connectivity index (χ2v) is 5.42. The number of esters is 1. The molecule has 0 saturated carbocycles. The zero-order valence-corrected chi connectivity index (χ0v) is 13.0. The number of carbonyl (C=O) groups excluding carboxylic acids is 1. The zero-order valence-electron chi connectivity index (χ0n) is 13.0. The lowest BCUT2D eigenvalue weighted by molar-refractivity contribution is 0.0148. The fourth-order valence-corrected chi connectivity index (χ4v) is 2.48. The highest BCUT2D eigenvalue weighted by Crippen LogP contribution is 2.52. The fraction of sp³-hybridized carbons (Fsp3) is 0.438. The Bertz CT molecular complexity index is 589. The number of fused-ring (bicyclic) bond motifs is 1. The van der Waals surface area contributed by atoms with Crippen LogP contribution in [-0.4, -0.2) is 27.3 Å². The number of hydrogen-bond acceptors (Lipinski definition) is 5. The van der Waals surface area contributed by atoms with Crippen molar-refractivity contribution in [3.8, 4) is 17.2 Å². The minimum atomic E-state index is -0.439. The van der Waals surface area contributed by atoms with Crippen molar-refractivity contribution in [1.82, 2.24) is 0 Å². The Morgan fingerprint density at radius 1 is 1.19 bits per heavy atom. The van der Waals surface area contributed by atoms with Gasteiger partial charge in [0.1, 0.15) is 11.7 Å². The smallest absolute Gasteiger partial charge is 0.343 e. The highest BCUT2D eigenvalue weighted by molar-refractivity contribution is 5.99. The van der Waals surface area contributed by atoms with Crippen molar-refractivity contribution >= 4 is 5.97 Å². The molecule has 0 amide bonds. The summed E-state index contributed by atoms with van der Waals surface area (Å²) in [5.41, 5.74) is 0.695. The summed E-state index contributed by atoms with van der Waals surface area (Å²) in [6, 6.07) is 1.76. The third-order valence-corrected chi connectivity index (χ3v) is 3.77. The molecular weight excluding hydrogens is 272 g/mol. The normalized spacial score (nSPS) is 17.0. The Balaban J connectivity index is 2.73. The van der Waals surface area contributed by atoms with E-state index in [0.717, 1.165) is 5.56 Å². The van der Waals surface area contributed by atoms with Crippen LogP contribution in [0.5, 0.6) is 17.2 Å². The maximum atomic E-state index is 12.3. The van der Waals surface area contributed by atoms with Crippen LogP contribution in [0.4, 0.5) is 0 Å². The Labute approximate surface area is 124 Å². The van der Waals surface area contributed by atoms with E-state index in [9.17, 15) is 4.79 Å². The molecule has 114 valence electrons. The average Bonchev–Trinajstić information content (AvgIpc) is 2.82. The van der Waals surface area contributed by atoms with E-state index in [4.69, 9.17) is 18.9 Å². The van der Waals surface area contributed by atoms with Gasteiger partial charge in [-0.25, -0.2) is 4.79 Å². The minimum Gasteiger partial charge on any atom is -0.493 e. The van der Waals surface area contributed by atoms with E-state index in [2.05, 4.69) is 6.58 Å². The van der Waals surface area contributed by atoms with Gasteiger partial charge in [-0.1, -0.05) is 19.9 Å². The molecule has 1 atom stereocenters. The van der Waals surface area contributed by atoms with E-state index in [1.807, 2.05) is 13.8 Å². The maximum absolute atomic E-state index is 12.3. The Morgan fingerprint density at radius 3 is 2.29 bits per heavy atom. The molecule has 1 aromatic rings. The van der Waals surface area contributed by atoms with Crippen LogP contribution < -0.4 is 14.2 Å². The molecule has 1 unspecified atom stereocenters. The van der Waals surface area contributed by atoms with Crippen molar-refractivity contribution in [2.24, 2.45) is 5.41 Å². The van der Waals surface area contributed by atoms with Gasteiger partial charge >= 0.3 is 5.97 Å². The molecule has 0 saturated heterocycles. The van der Waals surface area contributed by atoms with E-state index in [1.54, 1.807) is 12.1 Å². The molecule has 0 aliphatic carbocycles. The van der Waals surface area contributed by atoms with E-state index in [1.165, 1.54) is 21.3 Å². The molecule has 0 bridgehead atoms. The van der Waals surface area contributed by atoms with Crippen molar-refractivity contribution in [2.75, 3.05) is 21.3 Å². The van der Waals surface area contributed by atoms with E-state index < -0.39 is 17.5 Å². The molecule has 2 rings (SSSR count). The zero-order chi connectivity index (χ0) is 15.8. The Morgan fingerprint density at radius 2 is 1.81 bits per heavy atom. The molecule has 0 aromatic heterocycles. The quantitative estimate of drug-likeness (QED) is 0.616. The van der Waals surface area contributed by atoms with E-state index >= 15 is 0 Å². The van der Waals surface area contributed by atoms with Crippen LogP contribution in [0.25, 0.3) is 0 Å². The summed E-state index contributed by atoms with van der Waals surface area (Å²) in [6.07, 6.45) is 1.33. The van der Waals surface area contributed by atoms with E-state index in [0.29, 0.717) is 22.8 Å². The predicted molar refractivity (Wildman–Crippen MR) is 78.2 cm³/mol. The lowest BCUT2D eigenvalue weighted by Gasteiger charge is -2.27. The van der Waals surface area contributed by atoms with Gasteiger partial charge in [-0.15, -0.1) is 6.58 Å². The summed E-state index contributed by atoms with van der Waals surface area (Å²) in [6.45, 7) is 7.72. The first-order valence-corrected chi connectivity index (χ1v) is 6.58. The van der Waals surface area contributed by atoms with Crippen LogP contribution in [0.2, 0.25) is 0 Å². The van der Waals surface area contributed by atoms with Gasteiger partial charge in [-0.05, 0) is 6.07 Å². The molecule has 1 aliphatic rings. The third-order valence-electron chi connectivity index (χ3n) is 3.77. The number of carbonyl (C=O) groups is 1. The fourth-order valence-electron chi connectivity index (χ4n) is 2.48. The molecule has 1 aromatic carbocycles. The predicted octanol–water partition coefficient (Wildman–Crippen LogP) is 3.14. The average molecular weight is 292 g/mol. The van der Waals surface area contributed by atoms with E-state index in [-0.39, 0.29) is 0 Å². The SMILES string of the molecule is C=CC(C)(C)C1OC(=O)c2c1cc(OC)c(OC)c2OC. The lowest BCUT2D eigenvalue weighted by Crippen LogP contribution is -2.19. The van der Waals surface area contributed by atoms with Gasteiger partial charge in [0, 0.05) is 11.0 Å². The van der Waals surface area contributed by atoms with Crippen LogP contribution in [0.1, 0.15) is 35.9 Å². The second kappa shape index (κ2) is 5.31. The molecule has 0 N–H and O–H groups in total. The standard InChI is InChI=1S/C16H20O5/c1-7-16(2,3)14-9-8-10(18-4)12(19-5)13(20-6)11(9)15(17)21-14/h7-8,14H,1H2,2-6H3. The van der Waals surface area contributed by atoms with Gasteiger partial charge in [0.25, 0.3) is 0 Å². The van der Waals surface area contributed by atoms with Gasteiger partial charge in [0.15, 0.2) is 11.5 Å². The third kappa shape index (κ3) is 2.22. The molecule has 1 aliphatic heterocycles. The van der Waals surface area contributed by atoms with Crippen LogP contribution in [0.3, 0.4) is 0 Å². The molecule has 0 spiro atoms. The largest absolute Gasteiger partial charge is 0.493 e. The number of benzene rings is 1. The van der Waals surface area contributed by atoms with Gasteiger partial charge in [-0.3, -0.25) is 0 Å². The van der Waals surface area contributed by atoms with Gasteiger partial charge < -0.3 is 18.9 Å². The summed E-state index contributed by atoms with van der Waals surface area (Å²) in [5, 5.41) is 0. The highest BCUT2D eigenvalue weighted by atomic mass is 16.6. The Hall–Kier alpha value is -2.17. The van der Waals surface area contributed by atoms with Crippen LogP contribution in [0, 0.1) is 5.41 Å². The van der Waals surface area contributed by atoms with Crippen molar-refractivity contribution < 1.29 is 23.7 Å². The van der Waals surface area contributed by atoms with Crippen molar-refractivity contribution in [2.45, 2.75) is 20.0 Å². The van der Waals surface area contributed by atoms with Gasteiger partial charge in [0.2, 0.25) is 5.75 Å². The summed E-state index contributed by atoms with van der Waals surface area (Å²) in [5.74, 6) is 0.783. The number of ether oxygens (including phenoxy) is 4. The van der Waals surface area contributed by atoms with Crippen LogP contribution in [0.15, 0.2) is 18.7 Å². The molecule has 1 heterocycles. The molecule has 21 heavy (non-hydrogen) atoms. The number of cyclic esters (lactones) is 1.